The molecule has 18 heavy (non-hydrogen) atoms. The van der Waals surface area contributed by atoms with Gasteiger partial charge in [0, 0.05) is 13.5 Å². The lowest BCUT2D eigenvalue weighted by Gasteiger charge is -2.04. The van der Waals surface area contributed by atoms with Crippen LogP contribution in [-0.4, -0.2) is 28.5 Å². The predicted octanol–water partition coefficient (Wildman–Crippen LogP) is 2.16. The van der Waals surface area contributed by atoms with Gasteiger partial charge in [0.15, 0.2) is 5.82 Å². The molecule has 0 radical (unpaired) electrons. The van der Waals surface area contributed by atoms with E-state index in [2.05, 4.69) is 10.1 Å². The van der Waals surface area contributed by atoms with Crippen molar-refractivity contribution in [2.45, 2.75) is 19.4 Å². The number of phenolic OH excluding ortho intramolecular Hbond substituents is 1. The normalized spacial score (nSPS) is 12.6. The van der Waals surface area contributed by atoms with E-state index in [0.717, 1.165) is 0 Å². The molecule has 0 saturated heterocycles. The Bertz CT molecular complexity index is 522. The molecule has 1 heterocycles. The summed E-state index contributed by atoms with van der Waals surface area (Å²) in [5.74, 6) is -0.471. The van der Waals surface area contributed by atoms with Crippen LogP contribution in [0.25, 0.3) is 11.5 Å². The fourth-order valence-electron chi connectivity index (χ4n) is 1.50. The lowest BCUT2D eigenvalue weighted by Crippen LogP contribution is -2.09. The number of benzene rings is 1. The van der Waals surface area contributed by atoms with E-state index in [9.17, 15) is 9.50 Å². The highest BCUT2D eigenvalue weighted by molar-refractivity contribution is 5.62. The third-order valence-corrected chi connectivity index (χ3v) is 2.55. The minimum Gasteiger partial charge on any atom is -0.507 e. The second-order valence-electron chi connectivity index (χ2n) is 3.90. The summed E-state index contributed by atoms with van der Waals surface area (Å²) in [5, 5.41) is 13.3. The lowest BCUT2D eigenvalue weighted by atomic mass is 10.2. The molecule has 1 aromatic heterocycles. The first kappa shape index (κ1) is 12.5. The van der Waals surface area contributed by atoms with Crippen LogP contribution in [0.15, 0.2) is 22.7 Å². The highest BCUT2D eigenvalue weighted by Gasteiger charge is 2.18. The van der Waals surface area contributed by atoms with Crippen molar-refractivity contribution >= 4 is 0 Å². The number of methoxy groups -OCH3 is 1. The van der Waals surface area contributed by atoms with Crippen molar-refractivity contribution in [2.24, 2.45) is 0 Å². The molecule has 1 aromatic carbocycles. The van der Waals surface area contributed by atoms with E-state index < -0.39 is 5.82 Å². The van der Waals surface area contributed by atoms with Crippen LogP contribution in [0.3, 0.4) is 0 Å². The summed E-state index contributed by atoms with van der Waals surface area (Å²) >= 11 is 0. The molecule has 1 unspecified atom stereocenters. The number of nitrogens with zero attached hydrogens (tertiary/aromatic N) is 2. The molecule has 0 aliphatic carbocycles. The Morgan fingerprint density at radius 3 is 2.94 bits per heavy atom. The average molecular weight is 252 g/mol. The molecule has 5 nitrogen and oxygen atoms in total. The first-order valence-corrected chi connectivity index (χ1v) is 5.45. The second-order valence-corrected chi connectivity index (χ2v) is 3.90. The Morgan fingerprint density at radius 1 is 1.50 bits per heavy atom. The summed E-state index contributed by atoms with van der Waals surface area (Å²) in [7, 11) is 1.58. The average Bonchev–Trinajstić information content (AvgIpc) is 2.77. The maximum absolute atomic E-state index is 13.6. The van der Waals surface area contributed by atoms with Crippen LogP contribution in [0.2, 0.25) is 0 Å². The molecule has 0 aliphatic rings. The molecule has 1 atom stereocenters. The number of phenols is 1. The molecule has 0 spiro atoms. The first-order valence-electron chi connectivity index (χ1n) is 5.45. The van der Waals surface area contributed by atoms with E-state index in [1.54, 1.807) is 7.11 Å². The van der Waals surface area contributed by atoms with Crippen molar-refractivity contribution in [1.29, 1.82) is 0 Å². The number of hydrogen-bond donors (Lipinski definition) is 1. The van der Waals surface area contributed by atoms with Crippen molar-refractivity contribution in [1.82, 2.24) is 10.1 Å². The van der Waals surface area contributed by atoms with Crippen LogP contribution in [0.4, 0.5) is 4.39 Å². The van der Waals surface area contributed by atoms with Gasteiger partial charge < -0.3 is 14.4 Å². The van der Waals surface area contributed by atoms with E-state index >= 15 is 0 Å². The third-order valence-electron chi connectivity index (χ3n) is 2.55. The summed E-state index contributed by atoms with van der Waals surface area (Å²) in [6, 6.07) is 3.98. The van der Waals surface area contributed by atoms with Gasteiger partial charge in [0.25, 0.3) is 5.89 Å². The zero-order valence-electron chi connectivity index (χ0n) is 10.1. The quantitative estimate of drug-likeness (QED) is 0.903. The summed E-state index contributed by atoms with van der Waals surface area (Å²) in [5.41, 5.74) is -0.0821. The molecular formula is C12H13FN2O3. The number of aromatic hydroxyl groups is 1. The van der Waals surface area contributed by atoms with Gasteiger partial charge in [0.05, 0.1) is 6.10 Å². The van der Waals surface area contributed by atoms with Gasteiger partial charge in [0.1, 0.15) is 17.1 Å². The van der Waals surface area contributed by atoms with Crippen molar-refractivity contribution in [3.63, 3.8) is 0 Å². The van der Waals surface area contributed by atoms with Gasteiger partial charge in [-0.3, -0.25) is 0 Å². The Hall–Kier alpha value is -1.95. The van der Waals surface area contributed by atoms with Gasteiger partial charge in [-0.05, 0) is 19.1 Å². The standard InChI is InChI=1S/C12H13FN2O3/c1-7(17-2)6-10-14-12(18-15-10)11-8(13)4-3-5-9(11)16/h3-5,7,16H,6H2,1-2H3. The second kappa shape index (κ2) is 5.14. The van der Waals surface area contributed by atoms with Gasteiger partial charge in [-0.1, -0.05) is 11.2 Å². The van der Waals surface area contributed by atoms with Crippen LogP contribution in [0.5, 0.6) is 5.75 Å². The SMILES string of the molecule is COC(C)Cc1noc(-c2c(O)cccc2F)n1. The molecule has 2 aromatic rings. The van der Waals surface area contributed by atoms with Crippen LogP contribution in [0, 0.1) is 5.82 Å². The Labute approximate surface area is 103 Å². The highest BCUT2D eigenvalue weighted by atomic mass is 19.1. The first-order chi connectivity index (χ1) is 8.61. The number of aromatic nitrogens is 2. The highest BCUT2D eigenvalue weighted by Crippen LogP contribution is 2.30. The van der Waals surface area contributed by atoms with Gasteiger partial charge in [-0.25, -0.2) is 4.39 Å². The van der Waals surface area contributed by atoms with Gasteiger partial charge in [-0.15, -0.1) is 0 Å². The largest absolute Gasteiger partial charge is 0.507 e. The minimum absolute atomic E-state index is 0.0381. The fourth-order valence-corrected chi connectivity index (χ4v) is 1.50. The molecule has 2 rings (SSSR count). The molecule has 1 N–H and O–H groups in total. The van der Waals surface area contributed by atoms with Gasteiger partial charge in [-0.2, -0.15) is 4.98 Å². The summed E-state index contributed by atoms with van der Waals surface area (Å²) in [4.78, 5) is 4.03. The molecule has 96 valence electrons. The van der Waals surface area contributed by atoms with Crippen LogP contribution < -0.4 is 0 Å². The Morgan fingerprint density at radius 2 is 2.28 bits per heavy atom. The molecule has 0 fully saturated rings. The van der Waals surface area contributed by atoms with E-state index in [4.69, 9.17) is 9.26 Å². The maximum atomic E-state index is 13.6. The molecule has 6 heteroatoms. The number of ether oxygens (including phenoxy) is 1. The van der Waals surface area contributed by atoms with Crippen molar-refractivity contribution in [3.05, 3.63) is 29.8 Å². The monoisotopic (exact) mass is 252 g/mol. The zero-order chi connectivity index (χ0) is 13.1. The lowest BCUT2D eigenvalue weighted by molar-refractivity contribution is 0.116. The molecule has 0 aliphatic heterocycles. The number of halogens is 1. The smallest absolute Gasteiger partial charge is 0.264 e. The van der Waals surface area contributed by atoms with Crippen LogP contribution in [-0.2, 0) is 11.2 Å². The van der Waals surface area contributed by atoms with Crippen LogP contribution >= 0.6 is 0 Å². The maximum Gasteiger partial charge on any atom is 0.264 e. The minimum atomic E-state index is -0.606. The Balaban J connectivity index is 2.30. The fraction of sp³-hybridized carbons (Fsp3) is 0.333. The summed E-state index contributed by atoms with van der Waals surface area (Å²) in [6.07, 6.45) is 0.388. The Kier molecular flexibility index (Phi) is 3.57. The van der Waals surface area contributed by atoms with E-state index in [1.165, 1.54) is 18.2 Å². The van der Waals surface area contributed by atoms with Gasteiger partial charge >= 0.3 is 0 Å². The van der Waals surface area contributed by atoms with Crippen molar-refractivity contribution in [2.75, 3.05) is 7.11 Å². The summed E-state index contributed by atoms with van der Waals surface area (Å²) < 4.78 is 23.6. The number of hydrogen-bond acceptors (Lipinski definition) is 5. The third kappa shape index (κ3) is 2.48. The van der Waals surface area contributed by atoms with E-state index in [-0.39, 0.29) is 23.3 Å². The summed E-state index contributed by atoms with van der Waals surface area (Å²) in [6.45, 7) is 1.86. The van der Waals surface area contributed by atoms with Crippen molar-refractivity contribution < 1.29 is 18.8 Å². The van der Waals surface area contributed by atoms with E-state index in [1.807, 2.05) is 6.92 Å². The van der Waals surface area contributed by atoms with Gasteiger partial charge in [0.2, 0.25) is 0 Å². The van der Waals surface area contributed by atoms with E-state index in [0.29, 0.717) is 12.2 Å². The topological polar surface area (TPSA) is 68.4 Å². The molecular weight excluding hydrogens is 239 g/mol. The molecule has 0 bridgehead atoms. The van der Waals surface area contributed by atoms with Crippen molar-refractivity contribution in [3.8, 4) is 17.2 Å². The number of rotatable bonds is 4. The zero-order valence-corrected chi connectivity index (χ0v) is 10.1. The van der Waals surface area contributed by atoms with Crippen LogP contribution in [0.1, 0.15) is 12.7 Å². The molecule has 0 saturated carbocycles. The molecule has 0 amide bonds. The predicted molar refractivity (Wildman–Crippen MR) is 61.5 cm³/mol.